The summed E-state index contributed by atoms with van der Waals surface area (Å²) in [6, 6.07) is 0. The minimum absolute atomic E-state index is 0.326. The first-order valence-electron chi connectivity index (χ1n) is 4.77. The summed E-state index contributed by atoms with van der Waals surface area (Å²) in [6.07, 6.45) is 2.88. The van der Waals surface area contributed by atoms with Crippen molar-refractivity contribution in [3.63, 3.8) is 0 Å². The third-order valence-electron chi connectivity index (χ3n) is 2.03. The Labute approximate surface area is 83.6 Å². The molecule has 0 bridgehead atoms. The van der Waals surface area contributed by atoms with Crippen LogP contribution in [-0.4, -0.2) is 21.4 Å². The van der Waals surface area contributed by atoms with Crippen LogP contribution in [-0.2, 0) is 6.42 Å². The molecule has 0 aromatic carbocycles. The molecule has 1 atom stereocenters. The van der Waals surface area contributed by atoms with Crippen LogP contribution < -0.4 is 0 Å². The summed E-state index contributed by atoms with van der Waals surface area (Å²) in [5.74, 6) is 1.22. The minimum atomic E-state index is -0.326. The van der Waals surface area contributed by atoms with Crippen LogP contribution in [0.15, 0.2) is 10.6 Å². The fraction of sp³-hybridized carbons (Fsp3) is 0.600. The highest BCUT2D eigenvalue weighted by Crippen LogP contribution is 2.10. The van der Waals surface area contributed by atoms with E-state index in [9.17, 15) is 0 Å². The van der Waals surface area contributed by atoms with Crippen molar-refractivity contribution in [1.82, 2.24) is 10.1 Å². The van der Waals surface area contributed by atoms with Gasteiger partial charge in [0, 0.05) is 6.42 Å². The van der Waals surface area contributed by atoms with Gasteiger partial charge in [0.25, 0.3) is 0 Å². The van der Waals surface area contributed by atoms with E-state index in [4.69, 9.17) is 9.63 Å². The molecule has 0 saturated carbocycles. The van der Waals surface area contributed by atoms with Crippen LogP contribution in [0.25, 0.3) is 5.57 Å². The summed E-state index contributed by atoms with van der Waals surface area (Å²) in [6.45, 7) is 5.61. The average molecular weight is 196 g/mol. The van der Waals surface area contributed by atoms with E-state index in [1.807, 2.05) is 19.9 Å². The van der Waals surface area contributed by atoms with Crippen LogP contribution in [0.4, 0.5) is 0 Å². The Balaban J connectivity index is 2.60. The topological polar surface area (TPSA) is 59.2 Å². The predicted molar refractivity (Wildman–Crippen MR) is 53.6 cm³/mol. The van der Waals surface area contributed by atoms with E-state index in [0.29, 0.717) is 24.6 Å². The zero-order chi connectivity index (χ0) is 10.6. The van der Waals surface area contributed by atoms with E-state index in [1.165, 1.54) is 0 Å². The van der Waals surface area contributed by atoms with Crippen LogP contribution in [0.3, 0.4) is 0 Å². The van der Waals surface area contributed by atoms with Crippen molar-refractivity contribution in [3.8, 4) is 0 Å². The van der Waals surface area contributed by atoms with Gasteiger partial charge >= 0.3 is 0 Å². The van der Waals surface area contributed by atoms with Crippen molar-refractivity contribution < 1.29 is 9.63 Å². The van der Waals surface area contributed by atoms with Gasteiger partial charge in [0.05, 0.1) is 6.10 Å². The van der Waals surface area contributed by atoms with Crippen LogP contribution in [0, 0.1) is 0 Å². The first kappa shape index (κ1) is 10.9. The minimum Gasteiger partial charge on any atom is -0.393 e. The molecule has 0 fully saturated rings. The van der Waals surface area contributed by atoms with Gasteiger partial charge in [-0.2, -0.15) is 4.98 Å². The molecular weight excluding hydrogens is 180 g/mol. The van der Waals surface area contributed by atoms with Crippen molar-refractivity contribution in [2.45, 2.75) is 39.7 Å². The number of nitrogens with zero attached hydrogens (tertiary/aromatic N) is 2. The monoisotopic (exact) mass is 196 g/mol. The number of aromatic nitrogens is 2. The molecule has 1 aromatic rings. The van der Waals surface area contributed by atoms with Crippen LogP contribution >= 0.6 is 0 Å². The lowest BCUT2D eigenvalue weighted by molar-refractivity contribution is 0.180. The second-order valence-corrected chi connectivity index (χ2v) is 3.37. The normalized spacial score (nSPS) is 14.4. The standard InChI is InChI=1S/C10H16N2O2/c1-4-7(2)10-11-9(14-12-10)6-5-8(3)13/h4,8,13H,5-6H2,1-3H3. The number of hydrogen-bond donors (Lipinski definition) is 1. The summed E-state index contributed by atoms with van der Waals surface area (Å²) in [5.41, 5.74) is 0.997. The van der Waals surface area contributed by atoms with Gasteiger partial charge in [0.15, 0.2) is 5.82 Å². The first-order valence-corrected chi connectivity index (χ1v) is 4.77. The molecule has 0 spiro atoms. The summed E-state index contributed by atoms with van der Waals surface area (Å²) >= 11 is 0. The SMILES string of the molecule is CC=C(C)c1noc(CCC(C)O)n1. The Morgan fingerprint density at radius 2 is 2.36 bits per heavy atom. The van der Waals surface area contributed by atoms with Crippen molar-refractivity contribution in [3.05, 3.63) is 17.8 Å². The Kier molecular flexibility index (Phi) is 3.83. The largest absolute Gasteiger partial charge is 0.393 e. The number of aliphatic hydroxyl groups is 1. The summed E-state index contributed by atoms with van der Waals surface area (Å²) in [7, 11) is 0. The molecule has 0 aliphatic rings. The molecule has 0 radical (unpaired) electrons. The van der Waals surface area contributed by atoms with Gasteiger partial charge in [-0.05, 0) is 32.8 Å². The van der Waals surface area contributed by atoms with Crippen LogP contribution in [0.1, 0.15) is 38.9 Å². The molecule has 0 aliphatic heterocycles. The van der Waals surface area contributed by atoms with Gasteiger partial charge < -0.3 is 9.63 Å². The van der Waals surface area contributed by atoms with E-state index in [0.717, 1.165) is 5.57 Å². The van der Waals surface area contributed by atoms with Gasteiger partial charge in [0.2, 0.25) is 5.89 Å². The first-order chi connectivity index (χ1) is 6.63. The van der Waals surface area contributed by atoms with Gasteiger partial charge in [0.1, 0.15) is 0 Å². The molecule has 4 nitrogen and oxygen atoms in total. The fourth-order valence-electron chi connectivity index (χ4n) is 0.978. The molecule has 1 rings (SSSR count). The number of rotatable bonds is 4. The van der Waals surface area contributed by atoms with Crippen LogP contribution in [0.2, 0.25) is 0 Å². The Hall–Kier alpha value is -1.16. The Bertz CT molecular complexity index is 316. The van der Waals surface area contributed by atoms with Crippen molar-refractivity contribution in [2.24, 2.45) is 0 Å². The maximum atomic E-state index is 9.07. The fourth-order valence-corrected chi connectivity index (χ4v) is 0.978. The van der Waals surface area contributed by atoms with E-state index in [2.05, 4.69) is 10.1 Å². The van der Waals surface area contributed by atoms with Gasteiger partial charge in [-0.3, -0.25) is 0 Å². The van der Waals surface area contributed by atoms with Crippen molar-refractivity contribution in [1.29, 1.82) is 0 Å². The predicted octanol–water partition coefficient (Wildman–Crippen LogP) is 1.81. The molecule has 1 N–H and O–H groups in total. The lowest BCUT2D eigenvalue weighted by Gasteiger charge is -1.98. The summed E-state index contributed by atoms with van der Waals surface area (Å²) in [5, 5.41) is 12.9. The highest BCUT2D eigenvalue weighted by molar-refractivity contribution is 5.56. The molecule has 1 unspecified atom stereocenters. The third kappa shape index (κ3) is 2.96. The second-order valence-electron chi connectivity index (χ2n) is 3.37. The van der Waals surface area contributed by atoms with E-state index in [-0.39, 0.29) is 6.10 Å². The molecule has 0 amide bonds. The van der Waals surface area contributed by atoms with Crippen molar-refractivity contribution >= 4 is 5.57 Å². The van der Waals surface area contributed by atoms with Crippen molar-refractivity contribution in [2.75, 3.05) is 0 Å². The molecular formula is C10H16N2O2. The van der Waals surface area contributed by atoms with Crippen LogP contribution in [0.5, 0.6) is 0 Å². The summed E-state index contributed by atoms with van der Waals surface area (Å²) < 4.78 is 5.02. The zero-order valence-electron chi connectivity index (χ0n) is 8.82. The highest BCUT2D eigenvalue weighted by Gasteiger charge is 2.07. The van der Waals surface area contributed by atoms with E-state index in [1.54, 1.807) is 6.92 Å². The van der Waals surface area contributed by atoms with E-state index >= 15 is 0 Å². The number of hydrogen-bond acceptors (Lipinski definition) is 4. The molecule has 0 aliphatic carbocycles. The summed E-state index contributed by atoms with van der Waals surface area (Å²) in [4.78, 5) is 4.20. The molecule has 78 valence electrons. The maximum absolute atomic E-state index is 9.07. The Morgan fingerprint density at radius 3 is 2.93 bits per heavy atom. The van der Waals surface area contributed by atoms with Gasteiger partial charge in [-0.1, -0.05) is 11.2 Å². The lowest BCUT2D eigenvalue weighted by atomic mass is 10.2. The molecule has 4 heteroatoms. The molecule has 14 heavy (non-hydrogen) atoms. The van der Waals surface area contributed by atoms with Gasteiger partial charge in [-0.25, -0.2) is 0 Å². The zero-order valence-corrected chi connectivity index (χ0v) is 8.82. The Morgan fingerprint density at radius 1 is 1.64 bits per heavy atom. The highest BCUT2D eigenvalue weighted by atomic mass is 16.5. The van der Waals surface area contributed by atoms with Gasteiger partial charge in [-0.15, -0.1) is 0 Å². The molecule has 1 heterocycles. The number of aliphatic hydroxyl groups excluding tert-OH is 1. The quantitative estimate of drug-likeness (QED) is 0.797. The molecule has 0 saturated heterocycles. The average Bonchev–Trinajstić information content (AvgIpc) is 2.62. The number of allylic oxidation sites excluding steroid dienone is 2. The molecule has 1 aromatic heterocycles. The second kappa shape index (κ2) is 4.91. The third-order valence-corrected chi connectivity index (χ3v) is 2.03. The lowest BCUT2D eigenvalue weighted by Crippen LogP contribution is -2.01. The number of aryl methyl sites for hydroxylation is 1. The smallest absolute Gasteiger partial charge is 0.227 e. The van der Waals surface area contributed by atoms with E-state index < -0.39 is 0 Å². The maximum Gasteiger partial charge on any atom is 0.227 e.